The molecule has 1 heterocycles. The average molecular weight is 492 g/mol. The molecule has 1 aliphatic rings. The number of nitrogens with one attached hydrogen (secondary N) is 2. The van der Waals surface area contributed by atoms with Gasteiger partial charge in [0.1, 0.15) is 0 Å². The van der Waals surface area contributed by atoms with E-state index in [4.69, 9.17) is 16.3 Å². The number of carbonyl (C=O) groups excluding carboxylic acids is 3. The van der Waals surface area contributed by atoms with E-state index in [1.54, 1.807) is 53.4 Å². The lowest BCUT2D eigenvalue weighted by Gasteiger charge is -2.27. The van der Waals surface area contributed by atoms with E-state index < -0.39 is 6.04 Å². The maximum atomic E-state index is 13.0. The van der Waals surface area contributed by atoms with Crippen molar-refractivity contribution in [3.05, 3.63) is 101 Å². The largest absolute Gasteiger partial charge is 0.378 e. The SMILES string of the molecule is O=C(CC(NC(=O)c1ccccc1Cl)c1ccccc1)Nc1cccc(C(=O)N2CCOCC2)c1. The number of nitrogens with zero attached hydrogens (tertiary/aromatic N) is 1. The third-order valence-electron chi connectivity index (χ3n) is 5.71. The fraction of sp³-hybridized carbons (Fsp3) is 0.222. The van der Waals surface area contributed by atoms with Crippen LogP contribution >= 0.6 is 11.6 Å². The molecule has 1 aliphatic heterocycles. The Morgan fingerprint density at radius 3 is 2.37 bits per heavy atom. The summed E-state index contributed by atoms with van der Waals surface area (Å²) < 4.78 is 5.31. The predicted molar refractivity (Wildman–Crippen MR) is 135 cm³/mol. The Hall–Kier alpha value is -3.68. The van der Waals surface area contributed by atoms with Gasteiger partial charge in [-0.2, -0.15) is 0 Å². The number of hydrogen-bond acceptors (Lipinski definition) is 4. The van der Waals surface area contributed by atoms with E-state index in [9.17, 15) is 14.4 Å². The summed E-state index contributed by atoms with van der Waals surface area (Å²) in [4.78, 5) is 40.4. The van der Waals surface area contributed by atoms with Crippen LogP contribution in [0.15, 0.2) is 78.9 Å². The summed E-state index contributed by atoms with van der Waals surface area (Å²) in [6.45, 7) is 2.12. The van der Waals surface area contributed by atoms with Crippen molar-refractivity contribution in [1.82, 2.24) is 10.2 Å². The monoisotopic (exact) mass is 491 g/mol. The van der Waals surface area contributed by atoms with Gasteiger partial charge >= 0.3 is 0 Å². The van der Waals surface area contributed by atoms with Crippen molar-refractivity contribution in [2.24, 2.45) is 0 Å². The number of amides is 3. The number of ether oxygens (including phenoxy) is 1. The summed E-state index contributed by atoms with van der Waals surface area (Å²) in [6, 6.07) is 22.3. The molecule has 4 rings (SSSR count). The van der Waals surface area contributed by atoms with Crippen LogP contribution in [-0.4, -0.2) is 48.9 Å². The second kappa shape index (κ2) is 11.6. The van der Waals surface area contributed by atoms with Gasteiger partial charge in [0, 0.05) is 24.3 Å². The van der Waals surface area contributed by atoms with Gasteiger partial charge in [0.2, 0.25) is 5.91 Å². The minimum Gasteiger partial charge on any atom is -0.378 e. The fourth-order valence-electron chi connectivity index (χ4n) is 3.90. The summed E-state index contributed by atoms with van der Waals surface area (Å²) in [7, 11) is 0. The normalized spacial score (nSPS) is 14.1. The lowest BCUT2D eigenvalue weighted by molar-refractivity contribution is -0.116. The van der Waals surface area contributed by atoms with Crippen LogP contribution in [0.2, 0.25) is 5.02 Å². The van der Waals surface area contributed by atoms with Gasteiger partial charge in [-0.25, -0.2) is 0 Å². The standard InChI is InChI=1S/C27H26ClN3O4/c28-23-12-5-4-11-22(23)26(33)30-24(19-7-2-1-3-8-19)18-25(32)29-21-10-6-9-20(17-21)27(34)31-13-15-35-16-14-31/h1-12,17,24H,13-16,18H2,(H,29,32)(H,30,33). The highest BCUT2D eigenvalue weighted by Gasteiger charge is 2.22. The second-order valence-corrected chi connectivity index (χ2v) is 8.56. The van der Waals surface area contributed by atoms with Gasteiger partial charge < -0.3 is 20.3 Å². The Kier molecular flexibility index (Phi) is 8.13. The van der Waals surface area contributed by atoms with Crippen LogP contribution in [0.25, 0.3) is 0 Å². The van der Waals surface area contributed by atoms with Crippen molar-refractivity contribution in [3.63, 3.8) is 0 Å². The highest BCUT2D eigenvalue weighted by Crippen LogP contribution is 2.22. The van der Waals surface area contributed by atoms with Crippen LogP contribution in [0, 0.1) is 0 Å². The molecule has 35 heavy (non-hydrogen) atoms. The number of carbonyl (C=O) groups is 3. The Morgan fingerprint density at radius 2 is 1.63 bits per heavy atom. The molecule has 0 spiro atoms. The van der Waals surface area contributed by atoms with E-state index in [0.29, 0.717) is 48.1 Å². The Balaban J connectivity index is 1.46. The van der Waals surface area contributed by atoms with E-state index in [1.165, 1.54) is 0 Å². The lowest BCUT2D eigenvalue weighted by Crippen LogP contribution is -2.40. The van der Waals surface area contributed by atoms with Crippen LogP contribution in [0.3, 0.4) is 0 Å². The van der Waals surface area contributed by atoms with Crippen molar-refractivity contribution in [2.45, 2.75) is 12.5 Å². The molecule has 7 nitrogen and oxygen atoms in total. The molecule has 0 bridgehead atoms. The average Bonchev–Trinajstić information content (AvgIpc) is 2.89. The van der Waals surface area contributed by atoms with Crippen LogP contribution in [0.4, 0.5) is 5.69 Å². The third-order valence-corrected chi connectivity index (χ3v) is 6.04. The number of rotatable bonds is 7. The van der Waals surface area contributed by atoms with E-state index in [1.807, 2.05) is 30.3 Å². The van der Waals surface area contributed by atoms with Gasteiger partial charge in [-0.1, -0.05) is 60.1 Å². The van der Waals surface area contributed by atoms with E-state index >= 15 is 0 Å². The Morgan fingerprint density at radius 1 is 0.914 bits per heavy atom. The van der Waals surface area contributed by atoms with E-state index in [0.717, 1.165) is 5.56 Å². The van der Waals surface area contributed by atoms with Crippen molar-refractivity contribution in [2.75, 3.05) is 31.6 Å². The van der Waals surface area contributed by atoms with Gasteiger partial charge in [-0.05, 0) is 35.9 Å². The molecule has 3 aromatic rings. The number of halogens is 1. The molecule has 8 heteroatoms. The summed E-state index contributed by atoms with van der Waals surface area (Å²) in [5.41, 5.74) is 2.14. The molecule has 180 valence electrons. The van der Waals surface area contributed by atoms with Crippen molar-refractivity contribution >= 4 is 35.0 Å². The summed E-state index contributed by atoms with van der Waals surface area (Å²) >= 11 is 6.18. The predicted octanol–water partition coefficient (Wildman–Crippen LogP) is 4.31. The maximum Gasteiger partial charge on any atom is 0.254 e. The first-order valence-electron chi connectivity index (χ1n) is 11.4. The Labute approximate surface area is 209 Å². The van der Waals surface area contributed by atoms with Crippen LogP contribution in [-0.2, 0) is 9.53 Å². The molecular weight excluding hydrogens is 466 g/mol. The molecule has 0 aromatic heterocycles. The highest BCUT2D eigenvalue weighted by atomic mass is 35.5. The molecule has 1 atom stereocenters. The topological polar surface area (TPSA) is 87.7 Å². The van der Waals surface area contributed by atoms with Crippen LogP contribution in [0.5, 0.6) is 0 Å². The summed E-state index contributed by atoms with van der Waals surface area (Å²) in [5.74, 6) is -0.761. The minimum atomic E-state index is -0.571. The van der Waals surface area contributed by atoms with Crippen LogP contribution < -0.4 is 10.6 Å². The molecule has 0 saturated carbocycles. The first kappa shape index (κ1) is 24.4. The number of benzene rings is 3. The first-order valence-corrected chi connectivity index (χ1v) is 11.8. The van der Waals surface area contributed by atoms with Gasteiger partial charge in [0.25, 0.3) is 11.8 Å². The quantitative estimate of drug-likeness (QED) is 0.515. The molecule has 0 radical (unpaired) electrons. The van der Waals surface area contributed by atoms with E-state index in [2.05, 4.69) is 10.6 Å². The number of anilines is 1. The molecule has 1 unspecified atom stereocenters. The zero-order valence-electron chi connectivity index (χ0n) is 19.1. The number of hydrogen-bond donors (Lipinski definition) is 2. The zero-order valence-corrected chi connectivity index (χ0v) is 19.8. The van der Waals surface area contributed by atoms with Crippen molar-refractivity contribution < 1.29 is 19.1 Å². The van der Waals surface area contributed by atoms with E-state index in [-0.39, 0.29) is 24.1 Å². The van der Waals surface area contributed by atoms with Gasteiger partial charge in [-0.15, -0.1) is 0 Å². The number of morpholine rings is 1. The minimum absolute atomic E-state index is 0.00183. The van der Waals surface area contributed by atoms with Gasteiger partial charge in [0.15, 0.2) is 0 Å². The molecule has 3 amide bonds. The highest BCUT2D eigenvalue weighted by molar-refractivity contribution is 6.33. The van der Waals surface area contributed by atoms with Crippen molar-refractivity contribution in [3.8, 4) is 0 Å². The second-order valence-electron chi connectivity index (χ2n) is 8.15. The third kappa shape index (κ3) is 6.47. The first-order chi connectivity index (χ1) is 17.0. The summed E-state index contributed by atoms with van der Waals surface area (Å²) in [6.07, 6.45) is 0.00183. The summed E-state index contributed by atoms with van der Waals surface area (Å²) in [5, 5.41) is 6.11. The molecule has 2 N–H and O–H groups in total. The van der Waals surface area contributed by atoms with Gasteiger partial charge in [-0.3, -0.25) is 14.4 Å². The molecule has 1 saturated heterocycles. The molecule has 3 aromatic carbocycles. The van der Waals surface area contributed by atoms with Crippen LogP contribution in [0.1, 0.15) is 38.7 Å². The Bertz CT molecular complexity index is 1200. The fourth-order valence-corrected chi connectivity index (χ4v) is 4.12. The molecular formula is C27H26ClN3O4. The van der Waals surface area contributed by atoms with Gasteiger partial charge in [0.05, 0.1) is 36.3 Å². The smallest absolute Gasteiger partial charge is 0.254 e. The van der Waals surface area contributed by atoms with Crippen molar-refractivity contribution in [1.29, 1.82) is 0 Å². The lowest BCUT2D eigenvalue weighted by atomic mass is 10.0. The molecule has 1 fully saturated rings. The zero-order chi connectivity index (χ0) is 24.6. The molecule has 0 aliphatic carbocycles. The maximum absolute atomic E-state index is 13.0.